The molecule has 2 unspecified atom stereocenters. The minimum atomic E-state index is 0.106. The van der Waals surface area contributed by atoms with Gasteiger partial charge in [0.2, 0.25) is 23.6 Å². The summed E-state index contributed by atoms with van der Waals surface area (Å²) >= 11 is 0. The second-order valence-electron chi connectivity index (χ2n) is 13.4. The molecule has 10 nitrogen and oxygen atoms in total. The Hall–Kier alpha value is -2.49. The van der Waals surface area contributed by atoms with Gasteiger partial charge in [-0.05, 0) is 51.0 Å². The van der Waals surface area contributed by atoms with Gasteiger partial charge in [-0.1, -0.05) is 48.0 Å². The average molecular weight is 624 g/mol. The van der Waals surface area contributed by atoms with Crippen LogP contribution in [-0.4, -0.2) is 127 Å². The highest BCUT2D eigenvalue weighted by Crippen LogP contribution is 2.18. The van der Waals surface area contributed by atoms with Crippen molar-refractivity contribution in [3.05, 3.63) is 0 Å². The average Bonchev–Trinajstić information content (AvgIpc) is 2.98. The molecule has 0 N–H and O–H groups in total. The number of piperidine rings is 1. The number of likely N-dealkylation sites (tertiary alicyclic amines) is 1. The third-order valence-corrected chi connectivity index (χ3v) is 8.44. The molecule has 0 spiro atoms. The highest BCUT2D eigenvalue weighted by molar-refractivity contribution is 5.78. The molecule has 3 saturated heterocycles. The zero-order valence-corrected chi connectivity index (χ0v) is 29.6. The van der Waals surface area contributed by atoms with E-state index in [4.69, 9.17) is 4.79 Å². The summed E-state index contributed by atoms with van der Waals surface area (Å²) in [6, 6.07) is 0.472. The van der Waals surface area contributed by atoms with E-state index < -0.39 is 0 Å². The van der Waals surface area contributed by atoms with E-state index >= 15 is 0 Å². The number of carbonyl (C=O) groups is 5. The van der Waals surface area contributed by atoms with Gasteiger partial charge >= 0.3 is 0 Å². The molecular formula is C34H65N5O5. The summed E-state index contributed by atoms with van der Waals surface area (Å²) in [5, 5.41) is 0. The third kappa shape index (κ3) is 17.1. The van der Waals surface area contributed by atoms with Crippen LogP contribution >= 0.6 is 0 Å². The fourth-order valence-corrected chi connectivity index (χ4v) is 5.31. The third-order valence-electron chi connectivity index (χ3n) is 8.44. The van der Waals surface area contributed by atoms with Crippen LogP contribution in [-0.2, 0) is 24.0 Å². The minimum Gasteiger partial charge on any atom is -0.340 e. The van der Waals surface area contributed by atoms with Gasteiger partial charge in [0, 0.05) is 91.1 Å². The molecule has 0 aromatic rings. The normalized spacial score (nSPS) is 19.6. The lowest BCUT2D eigenvalue weighted by Crippen LogP contribution is -2.50. The zero-order chi connectivity index (χ0) is 33.8. The lowest BCUT2D eigenvalue weighted by molar-refractivity contribution is -0.139. The summed E-state index contributed by atoms with van der Waals surface area (Å²) in [5.41, 5.74) is 0. The van der Waals surface area contributed by atoms with Gasteiger partial charge in [0.05, 0.1) is 0 Å². The van der Waals surface area contributed by atoms with Crippen LogP contribution in [0.15, 0.2) is 0 Å². The van der Waals surface area contributed by atoms with Gasteiger partial charge in [-0.25, -0.2) is 0 Å². The molecule has 256 valence electrons. The summed E-state index contributed by atoms with van der Waals surface area (Å²) in [7, 11) is 2.10. The van der Waals surface area contributed by atoms with Crippen molar-refractivity contribution in [2.75, 3.05) is 66.0 Å². The molecule has 0 bridgehead atoms. The number of piperazine rings is 2. The van der Waals surface area contributed by atoms with E-state index in [-0.39, 0.29) is 11.8 Å². The number of amides is 4. The molecule has 0 saturated carbocycles. The molecule has 10 heteroatoms. The maximum absolute atomic E-state index is 11.9. The Morgan fingerprint density at radius 3 is 1.52 bits per heavy atom. The van der Waals surface area contributed by atoms with Gasteiger partial charge in [0.1, 0.15) is 6.79 Å². The van der Waals surface area contributed by atoms with Crippen LogP contribution in [0.2, 0.25) is 0 Å². The smallest absolute Gasteiger partial charge is 0.223 e. The Bertz CT molecular complexity index is 836. The van der Waals surface area contributed by atoms with E-state index in [0.717, 1.165) is 39.1 Å². The molecule has 3 heterocycles. The molecule has 44 heavy (non-hydrogen) atoms. The molecule has 3 aliphatic rings. The first-order valence-electron chi connectivity index (χ1n) is 16.8. The Balaban J connectivity index is 0.000000617. The molecule has 3 rings (SSSR count). The Kier molecular flexibility index (Phi) is 21.6. The van der Waals surface area contributed by atoms with E-state index in [1.807, 2.05) is 16.6 Å². The maximum atomic E-state index is 11.9. The van der Waals surface area contributed by atoms with Crippen molar-refractivity contribution in [1.82, 2.24) is 24.5 Å². The van der Waals surface area contributed by atoms with Gasteiger partial charge in [-0.2, -0.15) is 0 Å². The molecule has 0 aromatic heterocycles. The van der Waals surface area contributed by atoms with Crippen molar-refractivity contribution in [3.8, 4) is 0 Å². The molecule has 4 amide bonds. The van der Waals surface area contributed by atoms with Crippen LogP contribution in [0.25, 0.3) is 0 Å². The highest BCUT2D eigenvalue weighted by Gasteiger charge is 2.24. The van der Waals surface area contributed by atoms with E-state index in [0.29, 0.717) is 81.1 Å². The van der Waals surface area contributed by atoms with Crippen LogP contribution in [0.1, 0.15) is 100 Å². The van der Waals surface area contributed by atoms with Crippen LogP contribution in [0.3, 0.4) is 0 Å². The van der Waals surface area contributed by atoms with Crippen LogP contribution in [0.4, 0.5) is 0 Å². The maximum Gasteiger partial charge on any atom is 0.223 e. The van der Waals surface area contributed by atoms with E-state index in [2.05, 4.69) is 65.3 Å². The van der Waals surface area contributed by atoms with Crippen molar-refractivity contribution >= 4 is 30.4 Å². The summed E-state index contributed by atoms with van der Waals surface area (Å²) in [6.07, 6.45) is 6.74. The number of rotatable bonds is 7. The summed E-state index contributed by atoms with van der Waals surface area (Å²) in [4.78, 5) is 64.3. The predicted octanol–water partition coefficient (Wildman–Crippen LogP) is 4.17. The molecule has 0 radical (unpaired) electrons. The van der Waals surface area contributed by atoms with Crippen LogP contribution in [0, 0.1) is 17.8 Å². The Morgan fingerprint density at radius 2 is 1.09 bits per heavy atom. The van der Waals surface area contributed by atoms with Gasteiger partial charge in [-0.15, -0.1) is 0 Å². The van der Waals surface area contributed by atoms with Gasteiger partial charge < -0.3 is 29.3 Å². The highest BCUT2D eigenvalue weighted by atomic mass is 16.2. The Labute approximate surface area is 268 Å². The lowest BCUT2D eigenvalue weighted by Gasteiger charge is -2.34. The first kappa shape index (κ1) is 41.5. The molecule has 3 aliphatic heterocycles. The molecular weight excluding hydrogens is 558 g/mol. The van der Waals surface area contributed by atoms with Crippen molar-refractivity contribution in [1.29, 1.82) is 0 Å². The Morgan fingerprint density at radius 1 is 0.659 bits per heavy atom. The second kappa shape index (κ2) is 22.9. The van der Waals surface area contributed by atoms with Gasteiger partial charge in [0.25, 0.3) is 0 Å². The molecule has 0 aliphatic carbocycles. The van der Waals surface area contributed by atoms with Crippen molar-refractivity contribution in [2.24, 2.45) is 17.8 Å². The van der Waals surface area contributed by atoms with E-state index in [9.17, 15) is 19.2 Å². The summed E-state index contributed by atoms with van der Waals surface area (Å²) < 4.78 is 0. The fourth-order valence-electron chi connectivity index (χ4n) is 5.31. The quantitative estimate of drug-likeness (QED) is 0.422. The summed E-state index contributed by atoms with van der Waals surface area (Å²) in [6.45, 7) is 25.9. The van der Waals surface area contributed by atoms with Crippen molar-refractivity contribution in [2.45, 2.75) is 106 Å². The lowest BCUT2D eigenvalue weighted by atomic mass is 10.0. The topological polar surface area (TPSA) is 102 Å². The van der Waals surface area contributed by atoms with Gasteiger partial charge in [-0.3, -0.25) is 19.2 Å². The monoisotopic (exact) mass is 623 g/mol. The zero-order valence-electron chi connectivity index (χ0n) is 29.6. The molecule has 2 atom stereocenters. The summed E-state index contributed by atoms with van der Waals surface area (Å²) in [5.74, 6) is 2.43. The number of hydrogen-bond acceptors (Lipinski definition) is 6. The van der Waals surface area contributed by atoms with Crippen LogP contribution in [0.5, 0.6) is 0 Å². The SMILES string of the molecule is C=O.CC(C)CC(=O)N1CCCCC1C.CC(C)CC(=O)N1CCN(C)CC1.CCC(C)CC(=O)N1CCN(C(C)=O)CC1. The van der Waals surface area contributed by atoms with Crippen LogP contribution < -0.4 is 0 Å². The fraction of sp³-hybridized carbons (Fsp3) is 0.853. The van der Waals surface area contributed by atoms with Crippen molar-refractivity contribution in [3.63, 3.8) is 0 Å². The number of hydrogen-bond donors (Lipinski definition) is 0. The number of carbonyl (C=O) groups excluding carboxylic acids is 5. The van der Waals surface area contributed by atoms with E-state index in [1.54, 1.807) is 11.8 Å². The second-order valence-corrected chi connectivity index (χ2v) is 13.4. The standard InChI is InChI=1S/C12H22N2O2.C11H21NO.C10H20N2O.CH2O/c1-4-10(2)9-12(16)14-7-5-13(6-8-14)11(3)15;1-9(2)8-11(13)12-7-5-4-6-10(12)3;1-9(2)8-10(13)12-6-4-11(3)5-7-12;1-2/h10H,4-9H2,1-3H3;9-10H,4-8H2,1-3H3;9H,4-8H2,1-3H3;1H2. The van der Waals surface area contributed by atoms with Gasteiger partial charge in [0.15, 0.2) is 0 Å². The predicted molar refractivity (Wildman–Crippen MR) is 178 cm³/mol. The largest absolute Gasteiger partial charge is 0.340 e. The molecule has 0 aromatic carbocycles. The first-order chi connectivity index (χ1) is 20.7. The first-order valence-corrected chi connectivity index (χ1v) is 16.8. The number of likely N-dealkylation sites (N-methyl/N-ethyl adjacent to an activating group) is 1. The molecule has 3 fully saturated rings. The van der Waals surface area contributed by atoms with Crippen molar-refractivity contribution < 1.29 is 24.0 Å². The van der Waals surface area contributed by atoms with E-state index in [1.165, 1.54) is 19.3 Å². The number of nitrogens with zero attached hydrogens (tertiary/aromatic N) is 5. The minimum absolute atomic E-state index is 0.106.